The first-order valence-corrected chi connectivity index (χ1v) is 10.6. The van der Waals surface area contributed by atoms with Gasteiger partial charge in [0, 0.05) is 19.0 Å². The van der Waals surface area contributed by atoms with Crippen LogP contribution in [0.1, 0.15) is 38.3 Å². The van der Waals surface area contributed by atoms with Crippen molar-refractivity contribution < 1.29 is 9.59 Å². The van der Waals surface area contributed by atoms with Gasteiger partial charge in [-0.2, -0.15) is 0 Å². The van der Waals surface area contributed by atoms with E-state index in [4.69, 9.17) is 0 Å². The third-order valence-electron chi connectivity index (χ3n) is 5.28. The average Bonchev–Trinajstić information content (AvgIpc) is 2.75. The lowest BCUT2D eigenvalue weighted by atomic mass is 10.0. The zero-order valence-electron chi connectivity index (χ0n) is 18.0. The Balaban J connectivity index is 1.77. The van der Waals surface area contributed by atoms with Gasteiger partial charge in [0.2, 0.25) is 11.8 Å². The Bertz CT molecular complexity index is 993. The summed E-state index contributed by atoms with van der Waals surface area (Å²) in [5.74, 6) is -0.141. The molecule has 0 saturated carbocycles. The van der Waals surface area contributed by atoms with Gasteiger partial charge in [-0.3, -0.25) is 9.59 Å². The van der Waals surface area contributed by atoms with Crippen LogP contribution in [-0.4, -0.2) is 28.8 Å². The van der Waals surface area contributed by atoms with E-state index in [1.807, 2.05) is 62.4 Å². The van der Waals surface area contributed by atoms with Crippen LogP contribution < -0.4 is 5.32 Å². The SMILES string of the molecule is CC(C)NC(=O)[C@H](C)N(Cc1ccccc1)C(=O)CCc1cccc2ccccc12. The van der Waals surface area contributed by atoms with Crippen LogP contribution in [0.4, 0.5) is 0 Å². The monoisotopic (exact) mass is 402 g/mol. The molecule has 0 aromatic heterocycles. The minimum Gasteiger partial charge on any atom is -0.352 e. The zero-order valence-corrected chi connectivity index (χ0v) is 18.0. The van der Waals surface area contributed by atoms with Crippen molar-refractivity contribution >= 4 is 22.6 Å². The molecule has 0 unspecified atom stereocenters. The van der Waals surface area contributed by atoms with E-state index in [0.29, 0.717) is 19.4 Å². The maximum atomic E-state index is 13.2. The van der Waals surface area contributed by atoms with Crippen molar-refractivity contribution in [2.24, 2.45) is 0 Å². The molecule has 0 spiro atoms. The third-order valence-corrected chi connectivity index (χ3v) is 5.28. The molecular formula is C26H30N2O2. The van der Waals surface area contributed by atoms with Crippen LogP contribution in [-0.2, 0) is 22.6 Å². The molecule has 0 saturated heterocycles. The van der Waals surface area contributed by atoms with Gasteiger partial charge in [-0.05, 0) is 49.1 Å². The molecule has 4 heteroatoms. The van der Waals surface area contributed by atoms with Gasteiger partial charge in [-0.25, -0.2) is 0 Å². The van der Waals surface area contributed by atoms with Gasteiger partial charge in [-0.1, -0.05) is 72.8 Å². The Hall–Kier alpha value is -3.14. The van der Waals surface area contributed by atoms with Gasteiger partial charge in [0.1, 0.15) is 6.04 Å². The van der Waals surface area contributed by atoms with Crippen molar-refractivity contribution in [3.8, 4) is 0 Å². The number of nitrogens with one attached hydrogen (secondary N) is 1. The minimum absolute atomic E-state index is 0.0156. The predicted octanol–water partition coefficient (Wildman–Crippen LogP) is 4.71. The highest BCUT2D eigenvalue weighted by molar-refractivity contribution is 5.89. The van der Waals surface area contributed by atoms with Crippen LogP contribution in [0, 0.1) is 0 Å². The Kier molecular flexibility index (Phi) is 7.23. The van der Waals surface area contributed by atoms with Crippen LogP contribution in [0.25, 0.3) is 10.8 Å². The van der Waals surface area contributed by atoms with E-state index < -0.39 is 6.04 Å². The Morgan fingerprint density at radius 2 is 1.53 bits per heavy atom. The summed E-state index contributed by atoms with van der Waals surface area (Å²) in [6.45, 7) is 6.07. The molecule has 1 atom stereocenters. The molecule has 0 fully saturated rings. The van der Waals surface area contributed by atoms with Gasteiger partial charge >= 0.3 is 0 Å². The number of rotatable bonds is 8. The first-order valence-electron chi connectivity index (χ1n) is 10.6. The van der Waals surface area contributed by atoms with E-state index in [-0.39, 0.29) is 17.9 Å². The first kappa shape index (κ1) is 21.6. The van der Waals surface area contributed by atoms with E-state index in [0.717, 1.165) is 11.1 Å². The van der Waals surface area contributed by atoms with Gasteiger partial charge in [-0.15, -0.1) is 0 Å². The third kappa shape index (κ3) is 5.47. The number of fused-ring (bicyclic) bond motifs is 1. The molecule has 0 aliphatic carbocycles. The van der Waals surface area contributed by atoms with Crippen LogP contribution in [0.3, 0.4) is 0 Å². The zero-order chi connectivity index (χ0) is 21.5. The normalized spacial score (nSPS) is 12.0. The fourth-order valence-corrected chi connectivity index (χ4v) is 3.66. The van der Waals surface area contributed by atoms with Crippen LogP contribution >= 0.6 is 0 Å². The van der Waals surface area contributed by atoms with Gasteiger partial charge in [0.15, 0.2) is 0 Å². The van der Waals surface area contributed by atoms with E-state index in [9.17, 15) is 9.59 Å². The number of amides is 2. The van der Waals surface area contributed by atoms with Crippen molar-refractivity contribution in [2.75, 3.05) is 0 Å². The summed E-state index contributed by atoms with van der Waals surface area (Å²) >= 11 is 0. The van der Waals surface area contributed by atoms with Crippen molar-refractivity contribution in [1.29, 1.82) is 0 Å². The maximum Gasteiger partial charge on any atom is 0.242 e. The minimum atomic E-state index is -0.535. The molecule has 3 aromatic carbocycles. The lowest BCUT2D eigenvalue weighted by Crippen LogP contribution is -2.49. The topological polar surface area (TPSA) is 49.4 Å². The second-order valence-electron chi connectivity index (χ2n) is 7.98. The van der Waals surface area contributed by atoms with Gasteiger partial charge < -0.3 is 10.2 Å². The molecule has 156 valence electrons. The second kappa shape index (κ2) is 10.1. The summed E-state index contributed by atoms with van der Waals surface area (Å²) in [5, 5.41) is 5.28. The average molecular weight is 403 g/mol. The number of carbonyl (C=O) groups excluding carboxylic acids is 2. The van der Waals surface area contributed by atoms with Crippen molar-refractivity contribution in [3.05, 3.63) is 83.9 Å². The number of benzene rings is 3. The lowest BCUT2D eigenvalue weighted by molar-refractivity contribution is -0.140. The Labute approximate surface area is 178 Å². The van der Waals surface area contributed by atoms with Gasteiger partial charge in [0.25, 0.3) is 0 Å². The number of nitrogens with zero attached hydrogens (tertiary/aromatic N) is 1. The van der Waals surface area contributed by atoms with Crippen molar-refractivity contribution in [2.45, 2.75) is 52.2 Å². The highest BCUT2D eigenvalue weighted by Crippen LogP contribution is 2.21. The largest absolute Gasteiger partial charge is 0.352 e. The summed E-state index contributed by atoms with van der Waals surface area (Å²) in [6.07, 6.45) is 1.00. The van der Waals surface area contributed by atoms with Crippen LogP contribution in [0.5, 0.6) is 0 Å². The number of aryl methyl sites for hydroxylation is 1. The highest BCUT2D eigenvalue weighted by Gasteiger charge is 2.26. The smallest absolute Gasteiger partial charge is 0.242 e. The van der Waals surface area contributed by atoms with Crippen LogP contribution in [0.2, 0.25) is 0 Å². The molecule has 0 aliphatic heterocycles. The van der Waals surface area contributed by atoms with Gasteiger partial charge in [0.05, 0.1) is 0 Å². The molecule has 0 aliphatic rings. The molecule has 1 N–H and O–H groups in total. The Morgan fingerprint density at radius 3 is 2.27 bits per heavy atom. The molecule has 2 amide bonds. The van der Waals surface area contributed by atoms with E-state index in [1.165, 1.54) is 10.8 Å². The summed E-state index contributed by atoms with van der Waals surface area (Å²) in [7, 11) is 0. The number of hydrogen-bond acceptors (Lipinski definition) is 2. The highest BCUT2D eigenvalue weighted by atomic mass is 16.2. The molecule has 4 nitrogen and oxygen atoms in total. The summed E-state index contributed by atoms with van der Waals surface area (Å²) < 4.78 is 0. The molecule has 3 aromatic rings. The van der Waals surface area contributed by atoms with Crippen molar-refractivity contribution in [1.82, 2.24) is 10.2 Å². The van der Waals surface area contributed by atoms with E-state index in [1.54, 1.807) is 11.8 Å². The molecule has 0 heterocycles. The summed E-state index contributed by atoms with van der Waals surface area (Å²) in [6, 6.07) is 23.7. The molecular weight excluding hydrogens is 372 g/mol. The molecule has 0 radical (unpaired) electrons. The maximum absolute atomic E-state index is 13.2. The number of carbonyl (C=O) groups is 2. The quantitative estimate of drug-likeness (QED) is 0.593. The van der Waals surface area contributed by atoms with Crippen LogP contribution in [0.15, 0.2) is 72.8 Å². The number of hydrogen-bond donors (Lipinski definition) is 1. The Morgan fingerprint density at radius 1 is 0.867 bits per heavy atom. The van der Waals surface area contributed by atoms with E-state index in [2.05, 4.69) is 29.6 Å². The fraction of sp³-hybridized carbons (Fsp3) is 0.308. The summed E-state index contributed by atoms with van der Waals surface area (Å²) in [5.41, 5.74) is 2.17. The summed E-state index contributed by atoms with van der Waals surface area (Å²) in [4.78, 5) is 27.6. The van der Waals surface area contributed by atoms with E-state index >= 15 is 0 Å². The van der Waals surface area contributed by atoms with Crippen molar-refractivity contribution in [3.63, 3.8) is 0 Å². The second-order valence-corrected chi connectivity index (χ2v) is 7.98. The predicted molar refractivity (Wildman–Crippen MR) is 122 cm³/mol. The lowest BCUT2D eigenvalue weighted by Gasteiger charge is -2.29. The fourth-order valence-electron chi connectivity index (χ4n) is 3.66. The molecule has 30 heavy (non-hydrogen) atoms. The first-order chi connectivity index (χ1) is 14.5. The molecule has 3 rings (SSSR count). The standard InChI is InChI=1S/C26H30N2O2/c1-19(2)27-26(30)20(3)28(18-21-10-5-4-6-11-21)25(29)17-16-23-14-9-13-22-12-7-8-15-24(22)23/h4-15,19-20H,16-18H2,1-3H3,(H,27,30)/t20-/m0/s1. The molecule has 0 bridgehead atoms.